The Morgan fingerprint density at radius 2 is 1.85 bits per heavy atom. The second-order valence-corrected chi connectivity index (χ2v) is 6.33. The lowest BCUT2D eigenvalue weighted by Gasteiger charge is -2.27. The quantitative estimate of drug-likeness (QED) is 0.789. The third-order valence-corrected chi connectivity index (χ3v) is 4.86. The fourth-order valence-corrected chi connectivity index (χ4v) is 3.67. The van der Waals surface area contributed by atoms with Crippen LogP contribution in [0.15, 0.2) is 0 Å². The van der Waals surface area contributed by atoms with Gasteiger partial charge in [0.15, 0.2) is 0 Å². The molecule has 0 radical (unpaired) electrons. The van der Waals surface area contributed by atoms with Crippen LogP contribution in [0.3, 0.4) is 0 Å². The smallest absolute Gasteiger partial charge is 0.325 e. The van der Waals surface area contributed by atoms with Crippen LogP contribution in [0.4, 0.5) is 4.79 Å². The lowest BCUT2D eigenvalue weighted by Crippen LogP contribution is -2.47. The lowest BCUT2D eigenvalue weighted by molar-refractivity contribution is -0.133. The summed E-state index contributed by atoms with van der Waals surface area (Å²) in [5.41, 5.74) is -0.609. The topological polar surface area (TPSA) is 58.6 Å². The van der Waals surface area contributed by atoms with E-state index in [0.717, 1.165) is 64.4 Å². The van der Waals surface area contributed by atoms with E-state index in [1.807, 2.05) is 0 Å². The number of ether oxygens (including phenoxy) is 1. The molecule has 1 aliphatic carbocycles. The van der Waals surface area contributed by atoms with Crippen molar-refractivity contribution in [1.82, 2.24) is 10.2 Å². The zero-order valence-electron chi connectivity index (χ0n) is 12.0. The summed E-state index contributed by atoms with van der Waals surface area (Å²) in [5.74, 6) is -0.0152. The van der Waals surface area contributed by atoms with Gasteiger partial charge in [0.2, 0.25) is 0 Å². The first-order valence-electron chi connectivity index (χ1n) is 7.97. The molecule has 0 aromatic heterocycles. The Bertz CT molecular complexity index is 383. The molecule has 5 nitrogen and oxygen atoms in total. The SMILES string of the molecule is O=C1NC2(CCCCCC2)C(=O)N1CC1CCCCO1. The molecule has 1 saturated carbocycles. The van der Waals surface area contributed by atoms with E-state index in [9.17, 15) is 9.59 Å². The summed E-state index contributed by atoms with van der Waals surface area (Å²) in [5, 5.41) is 2.98. The number of nitrogens with zero attached hydrogens (tertiary/aromatic N) is 1. The van der Waals surface area contributed by atoms with Crippen LogP contribution in [0.2, 0.25) is 0 Å². The Kier molecular flexibility index (Phi) is 3.96. The van der Waals surface area contributed by atoms with Gasteiger partial charge in [-0.05, 0) is 32.1 Å². The zero-order chi connectivity index (χ0) is 14.0. The molecule has 2 saturated heterocycles. The predicted molar refractivity (Wildman–Crippen MR) is 74.3 cm³/mol. The highest BCUT2D eigenvalue weighted by atomic mass is 16.5. The lowest BCUT2D eigenvalue weighted by atomic mass is 9.90. The van der Waals surface area contributed by atoms with Crippen LogP contribution in [0.5, 0.6) is 0 Å². The largest absolute Gasteiger partial charge is 0.376 e. The fourth-order valence-electron chi connectivity index (χ4n) is 3.67. The van der Waals surface area contributed by atoms with Crippen molar-refractivity contribution in [3.63, 3.8) is 0 Å². The summed E-state index contributed by atoms with van der Waals surface area (Å²) in [6.45, 7) is 1.17. The maximum absolute atomic E-state index is 12.7. The van der Waals surface area contributed by atoms with Crippen LogP contribution in [-0.2, 0) is 9.53 Å². The van der Waals surface area contributed by atoms with E-state index >= 15 is 0 Å². The van der Waals surface area contributed by atoms with E-state index in [1.54, 1.807) is 0 Å². The molecule has 0 aromatic rings. The number of imide groups is 1. The molecular formula is C15H24N2O3. The summed E-state index contributed by atoms with van der Waals surface area (Å²) < 4.78 is 5.66. The maximum Gasteiger partial charge on any atom is 0.325 e. The molecule has 1 unspecified atom stereocenters. The van der Waals surface area contributed by atoms with Crippen molar-refractivity contribution in [3.8, 4) is 0 Å². The number of nitrogens with one attached hydrogen (secondary N) is 1. The van der Waals surface area contributed by atoms with Crippen molar-refractivity contribution in [2.24, 2.45) is 0 Å². The number of carbonyl (C=O) groups excluding carboxylic acids is 2. The molecule has 2 heterocycles. The van der Waals surface area contributed by atoms with Gasteiger partial charge in [-0.1, -0.05) is 25.7 Å². The monoisotopic (exact) mass is 280 g/mol. The molecular weight excluding hydrogens is 256 g/mol. The van der Waals surface area contributed by atoms with Crippen molar-refractivity contribution < 1.29 is 14.3 Å². The summed E-state index contributed by atoms with van der Waals surface area (Å²) >= 11 is 0. The minimum atomic E-state index is -0.609. The van der Waals surface area contributed by atoms with Crippen molar-refractivity contribution in [2.75, 3.05) is 13.2 Å². The zero-order valence-corrected chi connectivity index (χ0v) is 12.0. The molecule has 5 heteroatoms. The molecule has 1 N–H and O–H groups in total. The summed E-state index contributed by atoms with van der Waals surface area (Å²) in [6.07, 6.45) is 9.15. The van der Waals surface area contributed by atoms with Crippen LogP contribution in [0.1, 0.15) is 57.8 Å². The van der Waals surface area contributed by atoms with Gasteiger partial charge < -0.3 is 10.1 Å². The predicted octanol–water partition coefficient (Wildman–Crippen LogP) is 2.20. The molecule has 1 atom stereocenters. The van der Waals surface area contributed by atoms with Gasteiger partial charge >= 0.3 is 6.03 Å². The number of amides is 3. The number of rotatable bonds is 2. The van der Waals surface area contributed by atoms with Crippen LogP contribution in [-0.4, -0.2) is 41.6 Å². The van der Waals surface area contributed by atoms with Crippen molar-refractivity contribution in [2.45, 2.75) is 69.4 Å². The van der Waals surface area contributed by atoms with Gasteiger partial charge in [0, 0.05) is 6.61 Å². The van der Waals surface area contributed by atoms with Gasteiger partial charge in [0.1, 0.15) is 5.54 Å². The Labute approximate surface area is 120 Å². The van der Waals surface area contributed by atoms with Crippen molar-refractivity contribution in [1.29, 1.82) is 0 Å². The highest BCUT2D eigenvalue weighted by Gasteiger charge is 2.51. The standard InChI is InChI=1S/C15H24N2O3/c18-13-15(8-4-1-2-5-9-15)16-14(19)17(13)11-12-7-3-6-10-20-12/h12H,1-11H2,(H,16,19). The van der Waals surface area contributed by atoms with Gasteiger partial charge in [0.25, 0.3) is 5.91 Å². The van der Waals surface area contributed by atoms with Gasteiger partial charge in [0.05, 0.1) is 12.6 Å². The van der Waals surface area contributed by atoms with Crippen LogP contribution in [0.25, 0.3) is 0 Å². The second-order valence-electron chi connectivity index (χ2n) is 6.33. The van der Waals surface area contributed by atoms with Gasteiger partial charge in [-0.15, -0.1) is 0 Å². The first-order chi connectivity index (χ1) is 9.71. The van der Waals surface area contributed by atoms with Gasteiger partial charge in [-0.2, -0.15) is 0 Å². The molecule has 0 bridgehead atoms. The summed E-state index contributed by atoms with van der Waals surface area (Å²) in [7, 11) is 0. The van der Waals surface area contributed by atoms with Crippen molar-refractivity contribution >= 4 is 11.9 Å². The van der Waals surface area contributed by atoms with Crippen LogP contribution < -0.4 is 5.32 Å². The van der Waals surface area contributed by atoms with E-state index in [1.165, 1.54) is 4.90 Å². The van der Waals surface area contributed by atoms with Crippen molar-refractivity contribution in [3.05, 3.63) is 0 Å². The molecule has 20 heavy (non-hydrogen) atoms. The number of hydrogen-bond donors (Lipinski definition) is 1. The molecule has 1 spiro atoms. The van der Waals surface area contributed by atoms with Crippen LogP contribution in [0, 0.1) is 0 Å². The Morgan fingerprint density at radius 1 is 1.10 bits per heavy atom. The number of urea groups is 1. The first kappa shape index (κ1) is 13.9. The summed E-state index contributed by atoms with van der Waals surface area (Å²) in [6, 6.07) is -0.217. The van der Waals surface area contributed by atoms with Gasteiger partial charge in [-0.3, -0.25) is 9.69 Å². The third kappa shape index (κ3) is 2.55. The van der Waals surface area contributed by atoms with E-state index in [0.29, 0.717) is 6.54 Å². The number of hydrogen-bond acceptors (Lipinski definition) is 3. The maximum atomic E-state index is 12.7. The Morgan fingerprint density at radius 3 is 2.50 bits per heavy atom. The fraction of sp³-hybridized carbons (Fsp3) is 0.867. The normalized spacial score (nSPS) is 30.4. The van der Waals surface area contributed by atoms with E-state index < -0.39 is 5.54 Å². The molecule has 0 aromatic carbocycles. The highest BCUT2D eigenvalue weighted by Crippen LogP contribution is 2.33. The molecule has 2 aliphatic heterocycles. The molecule has 3 amide bonds. The van der Waals surface area contributed by atoms with E-state index in [4.69, 9.17) is 4.74 Å². The highest BCUT2D eigenvalue weighted by molar-refractivity contribution is 6.07. The molecule has 3 fully saturated rings. The molecule has 3 aliphatic rings. The molecule has 112 valence electrons. The average molecular weight is 280 g/mol. The van der Waals surface area contributed by atoms with Gasteiger partial charge in [-0.25, -0.2) is 4.79 Å². The minimum absolute atomic E-state index is 0.0152. The Balaban J connectivity index is 1.69. The summed E-state index contributed by atoms with van der Waals surface area (Å²) in [4.78, 5) is 26.3. The third-order valence-electron chi connectivity index (χ3n) is 4.86. The Hall–Kier alpha value is -1.10. The minimum Gasteiger partial charge on any atom is -0.376 e. The van der Waals surface area contributed by atoms with Crippen LogP contribution >= 0.6 is 0 Å². The molecule has 3 rings (SSSR count). The number of carbonyl (C=O) groups is 2. The second kappa shape index (κ2) is 5.72. The van der Waals surface area contributed by atoms with E-state index in [2.05, 4.69) is 5.32 Å². The van der Waals surface area contributed by atoms with E-state index in [-0.39, 0.29) is 18.0 Å². The first-order valence-corrected chi connectivity index (χ1v) is 7.97. The average Bonchev–Trinajstić information content (AvgIpc) is 2.65.